The molecule has 28 nitrogen and oxygen atoms in total. The summed E-state index contributed by atoms with van der Waals surface area (Å²) in [4.78, 5) is 116. The first-order valence-corrected chi connectivity index (χ1v) is 37.5. The average molecular weight is 1700 g/mol. The first kappa shape index (κ1) is 82.5. The van der Waals surface area contributed by atoms with Gasteiger partial charge in [-0.25, -0.2) is 108 Å². The van der Waals surface area contributed by atoms with E-state index >= 15 is 0 Å². The number of carbonyl (C=O) groups excluding carboxylic acids is 4. The highest BCUT2D eigenvalue weighted by Crippen LogP contribution is 2.39. The Morgan fingerprint density at radius 2 is 0.681 bits per heavy atom. The molecule has 8 atom stereocenters. The molecule has 4 fully saturated rings. The van der Waals surface area contributed by atoms with Gasteiger partial charge in [-0.15, -0.1) is 0 Å². The van der Waals surface area contributed by atoms with Gasteiger partial charge in [0.25, 0.3) is 6.43 Å². The Bertz CT molecular complexity index is 5430. The van der Waals surface area contributed by atoms with Gasteiger partial charge in [0.1, 0.15) is 78.1 Å². The molecular formula is C73H67Cl4F11N24O4. The van der Waals surface area contributed by atoms with Crippen molar-refractivity contribution in [3.63, 3.8) is 0 Å². The number of pyridine rings is 4. The van der Waals surface area contributed by atoms with Crippen LogP contribution in [0.3, 0.4) is 0 Å². The number of amides is 4. The topological polar surface area (TPSA) is 347 Å². The highest BCUT2D eigenvalue weighted by molar-refractivity contribution is 6.32. The number of H-pyrrole nitrogens is 4. The van der Waals surface area contributed by atoms with Gasteiger partial charge < -0.3 is 60.8 Å². The van der Waals surface area contributed by atoms with Crippen LogP contribution in [0.5, 0.6) is 0 Å². The fraction of sp³-hybridized carbons (Fsp3) is 0.342. The Labute approximate surface area is 670 Å². The largest absolute Gasteiger partial charge is 0.355 e. The van der Waals surface area contributed by atoms with Gasteiger partial charge in [-0.05, 0) is 37.6 Å². The molecule has 0 spiro atoms. The van der Waals surface area contributed by atoms with Crippen molar-refractivity contribution in [1.82, 2.24) is 101 Å². The Morgan fingerprint density at radius 3 is 0.940 bits per heavy atom. The summed E-state index contributed by atoms with van der Waals surface area (Å²) in [5.41, 5.74) is 4.41. The summed E-state index contributed by atoms with van der Waals surface area (Å²) in [7, 11) is 0. The lowest BCUT2D eigenvalue weighted by atomic mass is 10.2. The van der Waals surface area contributed by atoms with Gasteiger partial charge >= 0.3 is 0 Å². The molecule has 608 valence electrons. The van der Waals surface area contributed by atoms with E-state index in [1.54, 1.807) is 56.0 Å². The molecule has 0 radical (unpaired) electrons. The van der Waals surface area contributed by atoms with Crippen molar-refractivity contribution >= 4 is 137 Å². The number of nitrogens with one attached hydrogen (secondary N) is 8. The van der Waals surface area contributed by atoms with Crippen LogP contribution in [0, 0.1) is 23.3 Å². The minimum atomic E-state index is -2.75. The van der Waals surface area contributed by atoms with Crippen LogP contribution in [-0.4, -0.2) is 218 Å². The fourth-order valence-electron chi connectivity index (χ4n) is 13.7. The monoisotopic (exact) mass is 1690 g/mol. The van der Waals surface area contributed by atoms with E-state index in [-0.39, 0.29) is 117 Å². The van der Waals surface area contributed by atoms with Crippen LogP contribution in [0.1, 0.15) is 46.0 Å². The van der Waals surface area contributed by atoms with Crippen LogP contribution in [-0.2, 0) is 19.2 Å². The SMILES string of the molecule is CCCNC(=O)[C@H]1C[C@H](F)CN1c1nc(-c2c[nH]c3ncc(Cl)cc23)ncc1F.CCNC(=O)[C@H]1C[C@H](F)CN1c1nc(-c2c[nH]c3ncc(Cl)cc23)ncc1F.O=C(NCC(F)F)[C@H]1C[C@H](F)CN1c1nc(-c2c[nH]c3ncc(Cl)cc23)ncc1F.O=C(NCCF)[C@H]1C[C@H](F)CN1c1nc(-c2c[nH]c3ncc(Cl)cc23)ncc1F. The molecule has 16 heterocycles. The van der Waals surface area contributed by atoms with Crippen molar-refractivity contribution < 1.29 is 67.5 Å². The zero-order valence-corrected chi connectivity index (χ0v) is 63.8. The highest BCUT2D eigenvalue weighted by Gasteiger charge is 2.44. The van der Waals surface area contributed by atoms with Crippen molar-refractivity contribution in [3.8, 4) is 45.6 Å². The average Bonchev–Trinajstić information content (AvgIpc) is 1.60. The number of hydrogen-bond acceptors (Lipinski definition) is 20. The van der Waals surface area contributed by atoms with Gasteiger partial charge in [0.05, 0.1) is 77.6 Å². The number of aromatic amines is 4. The molecule has 4 amide bonds. The standard InChI is InChI=1S/C19H19ClF2N6O.C18H15ClF4N6O.C18H16ClF3N6O.C18H17ClF2N6O/c1-2-3-23-19(29)15-5-11(21)9-28(15)18-14(22)8-26-17(27-18)13-7-25-16-12(13)4-10(20)6-24-16;19-8-1-10-11(4-25-15(10)24-3-8)16-26-5-12(21)17(28-16)29-7-9(20)2-13(29)18(30)27-6-14(22)23;19-9-3-11-12(6-25-15(11)24-5-9)16-26-7-13(22)17(27-16)28-8-10(21)4-14(28)18(29)23-2-1-20;1-2-22-18(28)14-4-10(20)8-27(14)17-13(21)7-25-16(26-17)12-6-24-15-11(12)3-9(19)5-23-15/h4,6-8,11,15H,2-3,5,9H2,1H3,(H,23,29)(H,24,25);1,3-5,9,13-14H,2,6-7H2,(H,24,25)(H,27,30);3,5-7,10,14H,1-2,4,8H2,(H,23,29)(H,24,25);3,5-7,10,14H,2,4,8H2,1H3,(H,22,28)(H,23,24)/t11-,15+;9-,13+;2*10-,14+/m0000/s1. The predicted octanol–water partition coefficient (Wildman–Crippen LogP) is 12.0. The number of aromatic nitrogens is 16. The molecule has 4 aliphatic rings. The molecule has 16 rings (SSSR count). The molecule has 0 unspecified atom stereocenters. The second-order valence-electron chi connectivity index (χ2n) is 26.8. The summed E-state index contributed by atoms with van der Waals surface area (Å²) >= 11 is 24.1. The lowest BCUT2D eigenvalue weighted by Gasteiger charge is -2.25. The number of nitrogens with zero attached hydrogens (tertiary/aromatic N) is 16. The predicted molar refractivity (Wildman–Crippen MR) is 411 cm³/mol. The molecule has 4 saturated heterocycles. The van der Waals surface area contributed by atoms with Gasteiger partial charge in [0, 0.05) is 139 Å². The summed E-state index contributed by atoms with van der Waals surface area (Å²) in [6.45, 7) is 2.01. The summed E-state index contributed by atoms with van der Waals surface area (Å²) in [6, 6.07) is 2.89. The Balaban J connectivity index is 0.000000135. The zero-order chi connectivity index (χ0) is 82.3. The van der Waals surface area contributed by atoms with Gasteiger partial charge in [0.15, 0.2) is 69.8 Å². The second-order valence-corrected chi connectivity index (χ2v) is 28.5. The fourth-order valence-corrected chi connectivity index (χ4v) is 14.4. The van der Waals surface area contributed by atoms with Gasteiger partial charge in [-0.2, -0.15) is 0 Å². The van der Waals surface area contributed by atoms with Crippen LogP contribution in [0.2, 0.25) is 20.1 Å². The molecule has 116 heavy (non-hydrogen) atoms. The molecule has 12 aromatic heterocycles. The van der Waals surface area contributed by atoms with E-state index in [4.69, 9.17) is 46.4 Å². The van der Waals surface area contributed by atoms with Gasteiger partial charge in [-0.1, -0.05) is 53.3 Å². The van der Waals surface area contributed by atoms with Gasteiger partial charge in [0.2, 0.25) is 23.6 Å². The van der Waals surface area contributed by atoms with Crippen molar-refractivity contribution in [2.45, 2.75) is 101 Å². The molecule has 0 bridgehead atoms. The van der Waals surface area contributed by atoms with Gasteiger partial charge in [-0.3, -0.25) is 19.2 Å². The van der Waals surface area contributed by atoms with E-state index in [2.05, 4.69) is 95.7 Å². The van der Waals surface area contributed by atoms with Crippen molar-refractivity contribution in [2.24, 2.45) is 0 Å². The molecule has 0 aromatic carbocycles. The van der Waals surface area contributed by atoms with E-state index in [0.29, 0.717) is 99.6 Å². The first-order chi connectivity index (χ1) is 55.8. The highest BCUT2D eigenvalue weighted by atomic mass is 35.5. The Kier molecular flexibility index (Phi) is 25.7. The number of rotatable bonds is 19. The molecule has 12 aromatic rings. The summed E-state index contributed by atoms with van der Waals surface area (Å²) < 4.78 is 152. The zero-order valence-electron chi connectivity index (χ0n) is 60.8. The normalized spacial score (nSPS) is 19.2. The maximum atomic E-state index is 14.6. The van der Waals surface area contributed by atoms with Crippen LogP contribution in [0.25, 0.3) is 89.7 Å². The number of hydrogen-bond donors (Lipinski definition) is 8. The van der Waals surface area contributed by atoms with Crippen LogP contribution in [0.4, 0.5) is 71.6 Å². The summed E-state index contributed by atoms with van der Waals surface area (Å²) in [6.07, 6.45) is 8.64. The summed E-state index contributed by atoms with van der Waals surface area (Å²) in [5.74, 6) is -5.15. The maximum absolute atomic E-state index is 14.6. The van der Waals surface area contributed by atoms with E-state index in [9.17, 15) is 67.5 Å². The minimum absolute atomic E-state index is 0.0130. The number of carbonyl (C=O) groups is 4. The Hall–Kier alpha value is -11.5. The maximum Gasteiger partial charge on any atom is 0.255 e. The smallest absolute Gasteiger partial charge is 0.255 e. The third-order valence-electron chi connectivity index (χ3n) is 18.9. The van der Waals surface area contributed by atoms with Crippen molar-refractivity contribution in [1.29, 1.82) is 0 Å². The molecule has 8 N–H and O–H groups in total. The second kappa shape index (κ2) is 36.2. The molecule has 0 aliphatic carbocycles. The van der Waals surface area contributed by atoms with E-state index in [1.807, 2.05) is 12.2 Å². The Morgan fingerprint density at radius 1 is 0.414 bits per heavy atom. The number of likely N-dealkylation sites (N-methyl/N-ethyl adjacent to an activating group) is 1. The van der Waals surface area contributed by atoms with Crippen LogP contribution < -0.4 is 40.9 Å². The molecular weight excluding hydrogens is 1630 g/mol. The lowest BCUT2D eigenvalue weighted by molar-refractivity contribution is -0.123. The molecule has 4 aliphatic heterocycles. The van der Waals surface area contributed by atoms with Crippen molar-refractivity contribution in [2.75, 3.05) is 78.6 Å². The lowest BCUT2D eigenvalue weighted by Crippen LogP contribution is -2.45. The first-order valence-electron chi connectivity index (χ1n) is 36.0. The third kappa shape index (κ3) is 18.3. The van der Waals surface area contributed by atoms with E-state index in [0.717, 1.165) is 36.1 Å². The minimum Gasteiger partial charge on any atom is -0.355 e. The third-order valence-corrected chi connectivity index (χ3v) is 19.7. The van der Waals surface area contributed by atoms with Crippen molar-refractivity contribution in [3.05, 3.63) is 142 Å². The van der Waals surface area contributed by atoms with E-state index < -0.39 is 104 Å². The van der Waals surface area contributed by atoms with E-state index in [1.165, 1.54) is 39.5 Å². The molecule has 0 saturated carbocycles. The van der Waals surface area contributed by atoms with Crippen LogP contribution >= 0.6 is 46.4 Å². The molecule has 43 heteroatoms. The quantitative estimate of drug-likeness (QED) is 0.0349. The number of anilines is 4. The number of halogens is 15. The summed E-state index contributed by atoms with van der Waals surface area (Å²) in [5, 5.41) is 14.1. The number of fused-ring (bicyclic) bond motifs is 4. The number of alkyl halides is 7. The van der Waals surface area contributed by atoms with Crippen LogP contribution in [0.15, 0.2) is 98.6 Å².